The van der Waals surface area contributed by atoms with Gasteiger partial charge in [-0.1, -0.05) is 49.4 Å². The minimum absolute atomic E-state index is 0.0781. The van der Waals surface area contributed by atoms with Gasteiger partial charge < -0.3 is 14.7 Å². The third-order valence-electron chi connectivity index (χ3n) is 5.83. The van der Waals surface area contributed by atoms with Gasteiger partial charge in [0.25, 0.3) is 0 Å². The van der Waals surface area contributed by atoms with Crippen LogP contribution in [0.4, 0.5) is 0 Å². The second-order valence-corrected chi connectivity index (χ2v) is 9.44. The van der Waals surface area contributed by atoms with Crippen LogP contribution in [-0.4, -0.2) is 59.2 Å². The number of carbonyl (C=O) groups excluding carboxylic acids is 2. The molecule has 1 fully saturated rings. The van der Waals surface area contributed by atoms with Gasteiger partial charge in [-0.3, -0.25) is 9.59 Å². The summed E-state index contributed by atoms with van der Waals surface area (Å²) >= 11 is 1.76. The molecule has 0 saturated carbocycles. The third kappa shape index (κ3) is 9.48. The Labute approximate surface area is 191 Å². The second kappa shape index (κ2) is 14.3. The molecule has 0 radical (unpaired) electrons. The number of aliphatic hydroxyl groups is 1. The molecule has 172 valence electrons. The van der Waals surface area contributed by atoms with Crippen LogP contribution in [0.1, 0.15) is 51.0 Å². The van der Waals surface area contributed by atoms with Crippen LogP contribution in [-0.2, 0) is 20.7 Å². The number of thioether (sulfide) groups is 1. The highest BCUT2D eigenvalue weighted by molar-refractivity contribution is 7.99. The molecule has 0 aliphatic carbocycles. The molecule has 1 amide bonds. The average molecular weight is 448 g/mol. The van der Waals surface area contributed by atoms with Crippen molar-refractivity contribution in [1.82, 2.24) is 4.90 Å². The number of aliphatic hydroxyl groups excluding tert-OH is 1. The summed E-state index contributed by atoms with van der Waals surface area (Å²) in [6.45, 7) is 2.79. The van der Waals surface area contributed by atoms with E-state index in [1.165, 1.54) is 12.7 Å². The SMILES string of the molecule is COC(=O)CCCSCCN1C(=O)CC[C@@H]1C=C[C@H](O)[C@@H](C)CCCc1ccccc1. The molecule has 0 bridgehead atoms. The lowest BCUT2D eigenvalue weighted by Gasteiger charge is -2.23. The first kappa shape index (κ1) is 25.5. The molecule has 0 spiro atoms. The van der Waals surface area contributed by atoms with E-state index in [1.807, 2.05) is 23.1 Å². The zero-order chi connectivity index (χ0) is 22.5. The number of ether oxygens (including phenoxy) is 1. The summed E-state index contributed by atoms with van der Waals surface area (Å²) in [4.78, 5) is 25.3. The highest BCUT2D eigenvalue weighted by atomic mass is 32.2. The molecule has 3 atom stereocenters. The van der Waals surface area contributed by atoms with Gasteiger partial charge in [0, 0.05) is 25.1 Å². The quantitative estimate of drug-likeness (QED) is 0.262. The minimum Gasteiger partial charge on any atom is -0.469 e. The lowest BCUT2D eigenvalue weighted by molar-refractivity contribution is -0.140. The number of hydrogen-bond acceptors (Lipinski definition) is 5. The van der Waals surface area contributed by atoms with Gasteiger partial charge in [-0.2, -0.15) is 11.8 Å². The highest BCUT2D eigenvalue weighted by Crippen LogP contribution is 2.22. The largest absolute Gasteiger partial charge is 0.469 e. The normalized spacial score (nSPS) is 18.5. The monoisotopic (exact) mass is 447 g/mol. The molecule has 1 heterocycles. The Bertz CT molecular complexity index is 694. The summed E-state index contributed by atoms with van der Waals surface area (Å²) in [7, 11) is 1.41. The van der Waals surface area contributed by atoms with Crippen LogP contribution in [0.3, 0.4) is 0 Å². The molecule has 5 nitrogen and oxygen atoms in total. The molecule has 1 aromatic carbocycles. The summed E-state index contributed by atoms with van der Waals surface area (Å²) in [6.07, 6.45) is 9.10. The maximum atomic E-state index is 12.2. The first-order chi connectivity index (χ1) is 15.0. The molecular formula is C25H37NO4S. The number of methoxy groups -OCH3 is 1. The maximum Gasteiger partial charge on any atom is 0.305 e. The fraction of sp³-hybridized carbons (Fsp3) is 0.600. The molecule has 0 unspecified atom stereocenters. The van der Waals surface area contributed by atoms with E-state index < -0.39 is 6.10 Å². The molecule has 1 N–H and O–H groups in total. The zero-order valence-corrected chi connectivity index (χ0v) is 19.7. The number of esters is 1. The number of rotatable bonds is 14. The van der Waals surface area contributed by atoms with Crippen molar-refractivity contribution >= 4 is 23.6 Å². The number of hydrogen-bond donors (Lipinski definition) is 1. The topological polar surface area (TPSA) is 66.8 Å². The van der Waals surface area contributed by atoms with E-state index >= 15 is 0 Å². The van der Waals surface area contributed by atoms with Crippen molar-refractivity contribution in [2.45, 2.75) is 64.0 Å². The molecule has 1 aliphatic heterocycles. The van der Waals surface area contributed by atoms with E-state index in [4.69, 9.17) is 0 Å². The molecule has 2 rings (SSSR count). The van der Waals surface area contributed by atoms with E-state index in [9.17, 15) is 14.7 Å². The number of benzene rings is 1. The van der Waals surface area contributed by atoms with Gasteiger partial charge in [0.2, 0.25) is 5.91 Å². The fourth-order valence-electron chi connectivity index (χ4n) is 3.81. The van der Waals surface area contributed by atoms with Gasteiger partial charge in [-0.15, -0.1) is 0 Å². The summed E-state index contributed by atoms with van der Waals surface area (Å²) in [5.41, 5.74) is 1.34. The molecular weight excluding hydrogens is 410 g/mol. The van der Waals surface area contributed by atoms with Crippen molar-refractivity contribution in [2.24, 2.45) is 5.92 Å². The molecule has 1 saturated heterocycles. The number of amides is 1. The van der Waals surface area contributed by atoms with Gasteiger partial charge in [-0.25, -0.2) is 0 Å². The summed E-state index contributed by atoms with van der Waals surface area (Å²) < 4.78 is 4.64. The Morgan fingerprint density at radius 2 is 2.06 bits per heavy atom. The standard InChI is InChI=1S/C25H37NO4S/c1-20(8-6-11-21-9-4-3-5-10-21)23(27)15-13-22-14-16-24(28)26(22)17-19-31-18-7-12-25(29)30-2/h3-5,9-10,13,15,20,22-23,27H,6-8,11-12,14,16-19H2,1-2H3/t20-,22-,23-/m0/s1. The fourth-order valence-corrected chi connectivity index (χ4v) is 4.69. The summed E-state index contributed by atoms with van der Waals surface area (Å²) in [5.74, 6) is 1.95. The Morgan fingerprint density at radius 1 is 1.29 bits per heavy atom. The smallest absolute Gasteiger partial charge is 0.305 e. The van der Waals surface area contributed by atoms with Crippen LogP contribution in [0.25, 0.3) is 0 Å². The van der Waals surface area contributed by atoms with Crippen molar-refractivity contribution in [2.75, 3.05) is 25.2 Å². The molecule has 0 aromatic heterocycles. The Balaban J connectivity index is 1.68. The average Bonchev–Trinajstić information content (AvgIpc) is 3.14. The summed E-state index contributed by atoms with van der Waals surface area (Å²) in [5, 5.41) is 10.5. The van der Waals surface area contributed by atoms with Crippen molar-refractivity contribution in [1.29, 1.82) is 0 Å². The molecule has 6 heteroatoms. The summed E-state index contributed by atoms with van der Waals surface area (Å²) in [6, 6.07) is 10.5. The number of aryl methyl sites for hydroxylation is 1. The van der Waals surface area contributed by atoms with Gasteiger partial charge in [0.05, 0.1) is 19.3 Å². The van der Waals surface area contributed by atoms with E-state index in [1.54, 1.807) is 11.8 Å². The van der Waals surface area contributed by atoms with E-state index in [0.29, 0.717) is 19.4 Å². The van der Waals surface area contributed by atoms with Crippen LogP contribution < -0.4 is 0 Å². The highest BCUT2D eigenvalue weighted by Gasteiger charge is 2.28. The van der Waals surface area contributed by atoms with Crippen LogP contribution in [0.15, 0.2) is 42.5 Å². The van der Waals surface area contributed by atoms with Gasteiger partial charge >= 0.3 is 5.97 Å². The minimum atomic E-state index is -0.485. The lowest BCUT2D eigenvalue weighted by atomic mass is 9.95. The number of likely N-dealkylation sites (tertiary alicyclic amines) is 1. The molecule has 1 aromatic rings. The Morgan fingerprint density at radius 3 is 2.81 bits per heavy atom. The first-order valence-electron chi connectivity index (χ1n) is 11.4. The van der Waals surface area contributed by atoms with Crippen molar-refractivity contribution in [3.63, 3.8) is 0 Å². The Kier molecular flexibility index (Phi) is 11.8. The van der Waals surface area contributed by atoms with Crippen LogP contribution in [0.5, 0.6) is 0 Å². The Hall–Kier alpha value is -1.79. The number of carbonyl (C=O) groups is 2. The maximum absolute atomic E-state index is 12.2. The third-order valence-corrected chi connectivity index (χ3v) is 6.88. The van der Waals surface area contributed by atoms with Crippen LogP contribution in [0.2, 0.25) is 0 Å². The van der Waals surface area contributed by atoms with Crippen molar-refractivity contribution in [3.05, 3.63) is 48.0 Å². The first-order valence-corrected chi connectivity index (χ1v) is 12.5. The van der Waals surface area contributed by atoms with Crippen LogP contribution >= 0.6 is 11.8 Å². The lowest BCUT2D eigenvalue weighted by Crippen LogP contribution is -2.34. The zero-order valence-electron chi connectivity index (χ0n) is 18.9. The van der Waals surface area contributed by atoms with E-state index in [2.05, 4.69) is 35.9 Å². The predicted molar refractivity (Wildman–Crippen MR) is 127 cm³/mol. The van der Waals surface area contributed by atoms with Gasteiger partial charge in [0.1, 0.15) is 0 Å². The van der Waals surface area contributed by atoms with Crippen LogP contribution in [0, 0.1) is 5.92 Å². The van der Waals surface area contributed by atoms with Crippen molar-refractivity contribution in [3.8, 4) is 0 Å². The molecule has 1 aliphatic rings. The van der Waals surface area contributed by atoms with Crippen molar-refractivity contribution < 1.29 is 19.4 Å². The van der Waals surface area contributed by atoms with E-state index in [0.717, 1.165) is 43.6 Å². The predicted octanol–water partition coefficient (Wildman–Crippen LogP) is 4.24. The second-order valence-electron chi connectivity index (χ2n) is 8.22. The van der Waals surface area contributed by atoms with Gasteiger partial charge in [-0.05, 0) is 49.3 Å². The van der Waals surface area contributed by atoms with E-state index in [-0.39, 0.29) is 23.8 Å². The number of nitrogens with zero attached hydrogens (tertiary/aromatic N) is 1. The van der Waals surface area contributed by atoms with Gasteiger partial charge in [0.15, 0.2) is 0 Å². The molecule has 31 heavy (non-hydrogen) atoms.